The maximum absolute atomic E-state index is 12.6. The molecule has 1 heterocycles. The number of halogens is 1. The lowest BCUT2D eigenvalue weighted by Gasteiger charge is -2.24. The summed E-state index contributed by atoms with van der Waals surface area (Å²) in [4.78, 5) is 25.1. The van der Waals surface area contributed by atoms with Gasteiger partial charge >= 0.3 is 0 Å². The number of carbonyl (C=O) groups is 2. The Labute approximate surface area is 158 Å². The first-order valence-electron chi connectivity index (χ1n) is 8.49. The SMILES string of the molecule is CSCCC(NC(=O)c1ccccc1Cl)C(=O)NC(C)C1CCCO1. The third-order valence-electron chi connectivity index (χ3n) is 4.24. The predicted molar refractivity (Wildman–Crippen MR) is 102 cm³/mol. The third-order valence-corrected chi connectivity index (χ3v) is 5.22. The fourth-order valence-corrected chi connectivity index (χ4v) is 3.49. The molecule has 0 aliphatic carbocycles. The van der Waals surface area contributed by atoms with Crippen LogP contribution >= 0.6 is 23.4 Å². The van der Waals surface area contributed by atoms with E-state index < -0.39 is 6.04 Å². The van der Waals surface area contributed by atoms with Gasteiger partial charge in [-0.25, -0.2) is 0 Å². The van der Waals surface area contributed by atoms with Crippen molar-refractivity contribution in [2.24, 2.45) is 0 Å². The minimum Gasteiger partial charge on any atom is -0.376 e. The van der Waals surface area contributed by atoms with Gasteiger partial charge in [0.25, 0.3) is 5.91 Å². The Morgan fingerprint density at radius 3 is 2.76 bits per heavy atom. The van der Waals surface area contributed by atoms with Crippen LogP contribution in [0.5, 0.6) is 0 Å². The van der Waals surface area contributed by atoms with Crippen molar-refractivity contribution in [1.82, 2.24) is 10.6 Å². The fraction of sp³-hybridized carbons (Fsp3) is 0.556. The van der Waals surface area contributed by atoms with E-state index in [9.17, 15) is 9.59 Å². The van der Waals surface area contributed by atoms with Crippen molar-refractivity contribution < 1.29 is 14.3 Å². The maximum Gasteiger partial charge on any atom is 0.253 e. The normalized spacial score (nSPS) is 19.2. The van der Waals surface area contributed by atoms with Crippen molar-refractivity contribution in [3.8, 4) is 0 Å². The molecule has 0 spiro atoms. The largest absolute Gasteiger partial charge is 0.376 e. The van der Waals surface area contributed by atoms with Crippen molar-refractivity contribution in [1.29, 1.82) is 0 Å². The van der Waals surface area contributed by atoms with Crippen LogP contribution in [0.3, 0.4) is 0 Å². The molecule has 2 amide bonds. The number of hydrogen-bond donors (Lipinski definition) is 2. The van der Waals surface area contributed by atoms with Crippen LogP contribution in [0.2, 0.25) is 5.02 Å². The van der Waals surface area contributed by atoms with Gasteiger partial charge in [-0.2, -0.15) is 11.8 Å². The molecule has 2 N–H and O–H groups in total. The van der Waals surface area contributed by atoms with E-state index in [-0.39, 0.29) is 24.0 Å². The van der Waals surface area contributed by atoms with E-state index in [2.05, 4.69) is 10.6 Å². The number of rotatable bonds is 8. The molecule has 3 atom stereocenters. The van der Waals surface area contributed by atoms with Gasteiger partial charge in [0.05, 0.1) is 22.7 Å². The van der Waals surface area contributed by atoms with Crippen molar-refractivity contribution in [2.75, 3.05) is 18.6 Å². The van der Waals surface area contributed by atoms with Gasteiger partial charge in [-0.1, -0.05) is 23.7 Å². The maximum atomic E-state index is 12.6. The molecule has 0 radical (unpaired) electrons. The van der Waals surface area contributed by atoms with Crippen LogP contribution in [0.1, 0.15) is 36.5 Å². The Morgan fingerprint density at radius 2 is 2.12 bits per heavy atom. The summed E-state index contributed by atoms with van der Waals surface area (Å²) in [6, 6.07) is 6.14. The molecule has 1 aliphatic rings. The van der Waals surface area contributed by atoms with Crippen LogP contribution in [0.15, 0.2) is 24.3 Å². The molecule has 1 aromatic carbocycles. The van der Waals surface area contributed by atoms with Crippen molar-refractivity contribution in [3.05, 3.63) is 34.9 Å². The Balaban J connectivity index is 2.00. The molecule has 3 unspecified atom stereocenters. The molecule has 1 saturated heterocycles. The fourth-order valence-electron chi connectivity index (χ4n) is 2.80. The molecule has 2 rings (SSSR count). The van der Waals surface area contributed by atoms with Gasteiger partial charge in [0.15, 0.2) is 0 Å². The topological polar surface area (TPSA) is 67.4 Å². The smallest absolute Gasteiger partial charge is 0.253 e. The zero-order chi connectivity index (χ0) is 18.2. The zero-order valence-electron chi connectivity index (χ0n) is 14.6. The highest BCUT2D eigenvalue weighted by Gasteiger charge is 2.27. The molecule has 25 heavy (non-hydrogen) atoms. The monoisotopic (exact) mass is 384 g/mol. The van der Waals surface area contributed by atoms with Gasteiger partial charge < -0.3 is 15.4 Å². The van der Waals surface area contributed by atoms with E-state index in [4.69, 9.17) is 16.3 Å². The first-order chi connectivity index (χ1) is 12.0. The first kappa shape index (κ1) is 20.1. The summed E-state index contributed by atoms with van der Waals surface area (Å²) in [6.45, 7) is 2.68. The van der Waals surface area contributed by atoms with Gasteiger partial charge in [-0.15, -0.1) is 0 Å². The Kier molecular flexibility index (Phi) is 8.06. The lowest BCUT2D eigenvalue weighted by Crippen LogP contribution is -2.51. The van der Waals surface area contributed by atoms with Gasteiger partial charge in [0, 0.05) is 6.61 Å². The minimum atomic E-state index is -0.597. The summed E-state index contributed by atoms with van der Waals surface area (Å²) in [6.07, 6.45) is 4.54. The summed E-state index contributed by atoms with van der Waals surface area (Å²) >= 11 is 7.71. The standard InChI is InChI=1S/C18H25ClN2O3S/c1-12(16-8-5-10-24-16)20-18(23)15(9-11-25-2)21-17(22)13-6-3-4-7-14(13)19/h3-4,6-7,12,15-16H,5,8-11H2,1-2H3,(H,20,23)(H,21,22). The molecule has 1 fully saturated rings. The summed E-state index contributed by atoms with van der Waals surface area (Å²) in [5.41, 5.74) is 0.373. The van der Waals surface area contributed by atoms with E-state index >= 15 is 0 Å². The average Bonchev–Trinajstić information content (AvgIpc) is 3.13. The highest BCUT2D eigenvalue weighted by Crippen LogP contribution is 2.17. The predicted octanol–water partition coefficient (Wildman–Crippen LogP) is 2.88. The number of carbonyl (C=O) groups excluding carboxylic acids is 2. The lowest BCUT2D eigenvalue weighted by molar-refractivity contribution is -0.124. The van der Waals surface area contributed by atoms with Crippen molar-refractivity contribution >= 4 is 35.2 Å². The summed E-state index contributed by atoms with van der Waals surface area (Å²) in [7, 11) is 0. The van der Waals surface area contributed by atoms with Gasteiger partial charge in [0.1, 0.15) is 6.04 Å². The van der Waals surface area contributed by atoms with Crippen molar-refractivity contribution in [3.63, 3.8) is 0 Å². The first-order valence-corrected chi connectivity index (χ1v) is 10.3. The van der Waals surface area contributed by atoms with Crippen LogP contribution in [-0.4, -0.2) is 48.6 Å². The molecule has 138 valence electrons. The molecular weight excluding hydrogens is 360 g/mol. The Morgan fingerprint density at radius 1 is 1.36 bits per heavy atom. The second kappa shape index (κ2) is 10.0. The Bertz CT molecular complexity index is 593. The van der Waals surface area contributed by atoms with E-state index in [0.717, 1.165) is 25.2 Å². The number of amides is 2. The zero-order valence-corrected chi connectivity index (χ0v) is 16.2. The van der Waals surface area contributed by atoms with E-state index in [1.807, 2.05) is 13.2 Å². The molecule has 1 aliphatic heterocycles. The second-order valence-electron chi connectivity index (χ2n) is 6.14. The second-order valence-corrected chi connectivity index (χ2v) is 7.53. The number of nitrogens with one attached hydrogen (secondary N) is 2. The lowest BCUT2D eigenvalue weighted by atomic mass is 10.1. The molecule has 5 nitrogen and oxygen atoms in total. The quantitative estimate of drug-likeness (QED) is 0.723. The minimum absolute atomic E-state index is 0.0458. The summed E-state index contributed by atoms with van der Waals surface area (Å²) in [5.74, 6) is 0.254. The van der Waals surface area contributed by atoms with Crippen LogP contribution in [0.4, 0.5) is 0 Å². The van der Waals surface area contributed by atoms with Crippen LogP contribution in [0.25, 0.3) is 0 Å². The van der Waals surface area contributed by atoms with Crippen LogP contribution < -0.4 is 10.6 Å². The third kappa shape index (κ3) is 5.90. The summed E-state index contributed by atoms with van der Waals surface area (Å²) < 4.78 is 5.62. The van der Waals surface area contributed by atoms with Crippen LogP contribution in [0, 0.1) is 0 Å². The van der Waals surface area contributed by atoms with Gasteiger partial charge in [-0.3, -0.25) is 9.59 Å². The van der Waals surface area contributed by atoms with Crippen molar-refractivity contribution in [2.45, 2.75) is 44.4 Å². The van der Waals surface area contributed by atoms with E-state index in [0.29, 0.717) is 17.0 Å². The molecule has 0 bridgehead atoms. The van der Waals surface area contributed by atoms with E-state index in [1.54, 1.807) is 36.0 Å². The Hall–Kier alpha value is -1.24. The molecule has 7 heteroatoms. The van der Waals surface area contributed by atoms with Crippen LogP contribution in [-0.2, 0) is 9.53 Å². The molecular formula is C18H25ClN2O3S. The number of ether oxygens (including phenoxy) is 1. The van der Waals surface area contributed by atoms with Gasteiger partial charge in [0.2, 0.25) is 5.91 Å². The highest BCUT2D eigenvalue weighted by molar-refractivity contribution is 7.98. The number of thioether (sulfide) groups is 1. The molecule has 1 aromatic rings. The van der Waals surface area contributed by atoms with E-state index in [1.165, 1.54) is 0 Å². The number of benzene rings is 1. The average molecular weight is 385 g/mol. The van der Waals surface area contributed by atoms with Gasteiger partial charge in [-0.05, 0) is 50.3 Å². The highest BCUT2D eigenvalue weighted by atomic mass is 35.5. The molecule has 0 aromatic heterocycles. The molecule has 0 saturated carbocycles. The number of hydrogen-bond acceptors (Lipinski definition) is 4. The summed E-state index contributed by atoms with van der Waals surface area (Å²) in [5, 5.41) is 6.17.